The zero-order valence-corrected chi connectivity index (χ0v) is 13.3. The predicted octanol–water partition coefficient (Wildman–Crippen LogP) is 3.31. The minimum atomic E-state index is -1.15. The molecule has 2 heterocycles. The van der Waals surface area contributed by atoms with Gasteiger partial charge in [0.2, 0.25) is 0 Å². The van der Waals surface area contributed by atoms with Crippen LogP contribution in [0.5, 0.6) is 0 Å². The van der Waals surface area contributed by atoms with Crippen molar-refractivity contribution in [2.75, 3.05) is 0 Å². The zero-order chi connectivity index (χ0) is 16.4. The number of hydrogen-bond donors (Lipinski definition) is 1. The summed E-state index contributed by atoms with van der Waals surface area (Å²) in [5, 5.41) is 9.56. The lowest BCUT2D eigenvalue weighted by molar-refractivity contribution is -0.145. The van der Waals surface area contributed by atoms with Gasteiger partial charge < -0.3 is 9.52 Å². The Kier molecular flexibility index (Phi) is 4.31. The van der Waals surface area contributed by atoms with Gasteiger partial charge in [-0.2, -0.15) is 0 Å². The first-order valence-corrected chi connectivity index (χ1v) is 7.88. The van der Waals surface area contributed by atoms with Crippen LogP contribution in [-0.4, -0.2) is 26.2 Å². The van der Waals surface area contributed by atoms with Crippen molar-refractivity contribution < 1.29 is 19.1 Å². The number of aliphatic carboxylic acids is 1. The summed E-state index contributed by atoms with van der Waals surface area (Å²) in [7, 11) is 0. The Morgan fingerprint density at radius 1 is 1.26 bits per heavy atom. The van der Waals surface area contributed by atoms with E-state index in [0.717, 1.165) is 16.7 Å². The summed E-state index contributed by atoms with van der Waals surface area (Å²) in [5.41, 5.74) is 0.496. The van der Waals surface area contributed by atoms with E-state index in [9.17, 15) is 14.7 Å². The number of carboxylic acid groups (broad SMARTS) is 1. The molecule has 1 amide bonds. The summed E-state index contributed by atoms with van der Waals surface area (Å²) >= 11 is 6.29. The highest BCUT2D eigenvalue weighted by atomic mass is 32.2. The Hall–Kier alpha value is -2.38. The van der Waals surface area contributed by atoms with Crippen molar-refractivity contribution in [3.8, 4) is 0 Å². The Balaban J connectivity index is 1.97. The summed E-state index contributed by atoms with van der Waals surface area (Å²) in [6.45, 7) is 0. The molecule has 5 nitrogen and oxygen atoms in total. The molecule has 1 unspecified atom stereocenters. The number of benzene rings is 1. The second kappa shape index (κ2) is 6.39. The molecule has 0 saturated carbocycles. The number of hydrogen-bond acceptors (Lipinski definition) is 5. The first-order chi connectivity index (χ1) is 11.1. The summed E-state index contributed by atoms with van der Waals surface area (Å²) in [5.74, 6) is -1.06. The molecule has 0 spiro atoms. The lowest BCUT2D eigenvalue weighted by Gasteiger charge is -2.23. The monoisotopic (exact) mass is 345 g/mol. The molecule has 0 aliphatic carbocycles. The van der Waals surface area contributed by atoms with E-state index in [2.05, 4.69) is 0 Å². The van der Waals surface area contributed by atoms with Crippen LogP contribution < -0.4 is 0 Å². The Bertz CT molecular complexity index is 784. The van der Waals surface area contributed by atoms with Crippen LogP contribution in [0.2, 0.25) is 0 Å². The third-order valence-electron chi connectivity index (χ3n) is 3.25. The van der Waals surface area contributed by atoms with Crippen molar-refractivity contribution in [3.63, 3.8) is 0 Å². The Morgan fingerprint density at radius 3 is 2.61 bits per heavy atom. The highest BCUT2D eigenvalue weighted by Crippen LogP contribution is 2.38. The van der Waals surface area contributed by atoms with Crippen LogP contribution in [0.1, 0.15) is 17.4 Å². The molecular formula is C16H11NO4S2. The topological polar surface area (TPSA) is 70.8 Å². The SMILES string of the molecule is O=C(O)C(c1ccccc1)N1C(=O)/C(=C\c2ccco2)SC1=S. The fourth-order valence-corrected chi connectivity index (χ4v) is 3.54. The average molecular weight is 345 g/mol. The van der Waals surface area contributed by atoms with Crippen molar-refractivity contribution in [2.24, 2.45) is 0 Å². The normalized spacial score (nSPS) is 17.7. The van der Waals surface area contributed by atoms with Crippen molar-refractivity contribution in [2.45, 2.75) is 6.04 Å². The summed E-state index contributed by atoms with van der Waals surface area (Å²) in [6.07, 6.45) is 3.06. The highest BCUT2D eigenvalue weighted by Gasteiger charge is 2.41. The number of amides is 1. The molecule has 1 atom stereocenters. The first kappa shape index (κ1) is 15.5. The van der Waals surface area contributed by atoms with E-state index >= 15 is 0 Å². The van der Waals surface area contributed by atoms with Gasteiger partial charge in [0.05, 0.1) is 11.2 Å². The minimum absolute atomic E-state index is 0.212. The maximum Gasteiger partial charge on any atom is 0.331 e. The molecule has 1 saturated heterocycles. The second-order valence-electron chi connectivity index (χ2n) is 4.72. The van der Waals surface area contributed by atoms with Crippen LogP contribution in [0.4, 0.5) is 0 Å². The molecule has 7 heteroatoms. The van der Waals surface area contributed by atoms with Crippen LogP contribution in [-0.2, 0) is 9.59 Å². The first-order valence-electron chi connectivity index (χ1n) is 6.66. The van der Waals surface area contributed by atoms with Gasteiger partial charge in [-0.25, -0.2) is 4.79 Å². The number of furan rings is 1. The van der Waals surface area contributed by atoms with E-state index < -0.39 is 17.9 Å². The van der Waals surface area contributed by atoms with Crippen LogP contribution in [0.15, 0.2) is 58.1 Å². The van der Waals surface area contributed by atoms with E-state index in [-0.39, 0.29) is 4.32 Å². The molecule has 0 bridgehead atoms. The summed E-state index contributed by atoms with van der Waals surface area (Å²) in [4.78, 5) is 25.8. The van der Waals surface area contributed by atoms with Crippen LogP contribution in [0.25, 0.3) is 6.08 Å². The van der Waals surface area contributed by atoms with E-state index in [4.69, 9.17) is 16.6 Å². The molecule has 23 heavy (non-hydrogen) atoms. The van der Waals surface area contributed by atoms with Gasteiger partial charge >= 0.3 is 5.97 Å². The molecule has 1 fully saturated rings. The molecule has 3 rings (SSSR count). The number of thiocarbonyl (C=S) groups is 1. The third-order valence-corrected chi connectivity index (χ3v) is 4.58. The summed E-state index contributed by atoms with van der Waals surface area (Å²) < 4.78 is 5.40. The largest absolute Gasteiger partial charge is 0.479 e. The number of rotatable bonds is 4. The fraction of sp³-hybridized carbons (Fsp3) is 0.0625. The molecular weight excluding hydrogens is 334 g/mol. The van der Waals surface area contributed by atoms with Crippen LogP contribution >= 0.6 is 24.0 Å². The molecule has 1 aliphatic heterocycles. The van der Waals surface area contributed by atoms with Crippen molar-refractivity contribution >= 4 is 46.3 Å². The van der Waals surface area contributed by atoms with E-state index in [1.807, 2.05) is 0 Å². The van der Waals surface area contributed by atoms with Gasteiger partial charge in [0.15, 0.2) is 6.04 Å². The third kappa shape index (κ3) is 3.06. The maximum absolute atomic E-state index is 12.6. The number of carboxylic acids is 1. The lowest BCUT2D eigenvalue weighted by atomic mass is 10.1. The molecule has 1 N–H and O–H groups in total. The maximum atomic E-state index is 12.6. The Labute approximate surface area is 141 Å². The average Bonchev–Trinajstić information content (AvgIpc) is 3.12. The standard InChI is InChI=1S/C16H11NO4S2/c18-14-12(9-11-7-4-8-21-11)23-16(22)17(14)13(15(19)20)10-5-2-1-3-6-10/h1-9,13H,(H,19,20)/b12-9+. The van der Waals surface area contributed by atoms with Gasteiger partial charge in [-0.3, -0.25) is 9.69 Å². The lowest BCUT2D eigenvalue weighted by Crippen LogP contribution is -2.37. The molecule has 1 aromatic heterocycles. The van der Waals surface area contributed by atoms with E-state index in [1.165, 1.54) is 6.26 Å². The van der Waals surface area contributed by atoms with E-state index in [0.29, 0.717) is 16.2 Å². The Morgan fingerprint density at radius 2 is 2.00 bits per heavy atom. The smallest absolute Gasteiger partial charge is 0.331 e. The van der Waals surface area contributed by atoms with Gasteiger partial charge in [0, 0.05) is 6.08 Å². The van der Waals surface area contributed by atoms with Crippen molar-refractivity contribution in [1.29, 1.82) is 0 Å². The van der Waals surface area contributed by atoms with Crippen molar-refractivity contribution in [3.05, 3.63) is 65.0 Å². The van der Waals surface area contributed by atoms with Crippen LogP contribution in [0, 0.1) is 0 Å². The number of carbonyl (C=O) groups is 2. The minimum Gasteiger partial charge on any atom is -0.479 e. The quantitative estimate of drug-likeness (QED) is 0.677. The van der Waals surface area contributed by atoms with Gasteiger partial charge in [-0.1, -0.05) is 54.3 Å². The molecule has 116 valence electrons. The van der Waals surface area contributed by atoms with Gasteiger partial charge in [0.1, 0.15) is 10.1 Å². The second-order valence-corrected chi connectivity index (χ2v) is 6.39. The summed E-state index contributed by atoms with van der Waals surface area (Å²) in [6, 6.07) is 10.8. The molecule has 1 aromatic carbocycles. The van der Waals surface area contributed by atoms with Gasteiger partial charge in [0.25, 0.3) is 5.91 Å². The molecule has 0 radical (unpaired) electrons. The van der Waals surface area contributed by atoms with E-state index in [1.54, 1.807) is 48.5 Å². The number of carbonyl (C=O) groups excluding carboxylic acids is 1. The highest BCUT2D eigenvalue weighted by molar-refractivity contribution is 8.26. The number of thioether (sulfide) groups is 1. The van der Waals surface area contributed by atoms with Gasteiger partial charge in [-0.05, 0) is 17.7 Å². The zero-order valence-electron chi connectivity index (χ0n) is 11.7. The van der Waals surface area contributed by atoms with Crippen molar-refractivity contribution in [1.82, 2.24) is 4.90 Å². The number of nitrogens with zero attached hydrogens (tertiary/aromatic N) is 1. The predicted molar refractivity (Wildman–Crippen MR) is 90.5 cm³/mol. The molecule has 1 aliphatic rings. The van der Waals surface area contributed by atoms with Gasteiger partial charge in [-0.15, -0.1) is 0 Å². The molecule has 2 aromatic rings. The van der Waals surface area contributed by atoms with Crippen LogP contribution in [0.3, 0.4) is 0 Å². The fourth-order valence-electron chi connectivity index (χ4n) is 2.24.